The minimum absolute atomic E-state index is 0.0373. The largest absolute Gasteiger partial charge is 0.384 e. The third-order valence-electron chi connectivity index (χ3n) is 3.10. The molecule has 0 amide bonds. The molecule has 0 bridgehead atoms. The van der Waals surface area contributed by atoms with Crippen molar-refractivity contribution in [1.82, 2.24) is 4.98 Å². The summed E-state index contributed by atoms with van der Waals surface area (Å²) >= 11 is 0. The molecule has 0 aliphatic rings. The van der Waals surface area contributed by atoms with Gasteiger partial charge in [0.2, 0.25) is 0 Å². The van der Waals surface area contributed by atoms with E-state index < -0.39 is 5.56 Å². The van der Waals surface area contributed by atoms with Crippen LogP contribution >= 0.6 is 0 Å². The Morgan fingerprint density at radius 2 is 1.76 bits per heavy atom. The van der Waals surface area contributed by atoms with E-state index in [2.05, 4.69) is 4.98 Å². The number of aryl methyl sites for hydroxylation is 1. The van der Waals surface area contributed by atoms with Crippen LogP contribution in [0.15, 0.2) is 23.0 Å². The Morgan fingerprint density at radius 1 is 1.10 bits per heavy atom. The number of nitrogens with one attached hydrogen (secondary N) is 1. The molecule has 0 spiro atoms. The number of aromatic nitrogens is 1. The molecule has 21 heavy (non-hydrogen) atoms. The van der Waals surface area contributed by atoms with Gasteiger partial charge in [0.25, 0.3) is 5.56 Å². The third kappa shape index (κ3) is 2.20. The molecule has 2 aromatic rings. The maximum absolute atomic E-state index is 11.8. The van der Waals surface area contributed by atoms with Gasteiger partial charge in [-0.15, -0.1) is 0 Å². The summed E-state index contributed by atoms with van der Waals surface area (Å²) < 4.78 is 0. The Morgan fingerprint density at radius 3 is 2.29 bits per heavy atom. The number of hydrogen-bond donors (Lipinski definition) is 2. The standard InChI is InChI=1S/C15H9N5O/c1-8-4-9(2-3-10(8)5-16)13-11(6-17)14(19)20-15(21)12(13)7-18/h2-4H,1H3,(H3,19,20,21). The molecule has 0 saturated carbocycles. The van der Waals surface area contributed by atoms with Gasteiger partial charge in [0.05, 0.1) is 11.6 Å². The maximum atomic E-state index is 11.8. The molecule has 100 valence electrons. The Balaban J connectivity index is 2.90. The van der Waals surface area contributed by atoms with Crippen LogP contribution in [0.2, 0.25) is 0 Å². The zero-order chi connectivity index (χ0) is 15.6. The number of anilines is 1. The van der Waals surface area contributed by atoms with Crippen LogP contribution in [0.5, 0.6) is 0 Å². The zero-order valence-electron chi connectivity index (χ0n) is 11.1. The van der Waals surface area contributed by atoms with Crippen molar-refractivity contribution in [3.8, 4) is 29.3 Å². The molecular formula is C15H9N5O. The van der Waals surface area contributed by atoms with Gasteiger partial charge < -0.3 is 10.7 Å². The van der Waals surface area contributed by atoms with Crippen molar-refractivity contribution in [2.24, 2.45) is 0 Å². The summed E-state index contributed by atoms with van der Waals surface area (Å²) in [4.78, 5) is 14.1. The highest BCUT2D eigenvalue weighted by atomic mass is 16.1. The molecule has 6 nitrogen and oxygen atoms in total. The highest BCUT2D eigenvalue weighted by Gasteiger charge is 2.18. The number of H-pyrrole nitrogens is 1. The summed E-state index contributed by atoms with van der Waals surface area (Å²) in [6, 6.07) is 10.5. The van der Waals surface area contributed by atoms with E-state index in [1.54, 1.807) is 31.2 Å². The number of nitriles is 3. The molecule has 2 rings (SSSR count). The van der Waals surface area contributed by atoms with E-state index in [1.165, 1.54) is 0 Å². The predicted octanol–water partition coefficient (Wildman–Crippen LogP) is 1.55. The van der Waals surface area contributed by atoms with E-state index in [0.717, 1.165) is 0 Å². The second-order valence-electron chi connectivity index (χ2n) is 4.36. The molecule has 0 fully saturated rings. The second kappa shape index (κ2) is 5.21. The van der Waals surface area contributed by atoms with Gasteiger partial charge in [-0.25, -0.2) is 0 Å². The first-order valence-electron chi connectivity index (χ1n) is 5.90. The van der Waals surface area contributed by atoms with Gasteiger partial charge in [0.15, 0.2) is 0 Å². The first-order chi connectivity index (χ1) is 10.0. The van der Waals surface area contributed by atoms with E-state index in [0.29, 0.717) is 16.7 Å². The summed E-state index contributed by atoms with van der Waals surface area (Å²) in [5.74, 6) is -0.0847. The van der Waals surface area contributed by atoms with E-state index in [1.807, 2.05) is 12.1 Å². The van der Waals surface area contributed by atoms with Gasteiger partial charge >= 0.3 is 0 Å². The number of pyridine rings is 1. The van der Waals surface area contributed by atoms with Crippen LogP contribution in [0, 0.1) is 40.9 Å². The van der Waals surface area contributed by atoms with Crippen LogP contribution in [0.1, 0.15) is 22.3 Å². The molecule has 0 aliphatic carbocycles. The average Bonchev–Trinajstić information content (AvgIpc) is 2.46. The van der Waals surface area contributed by atoms with Crippen LogP contribution in [0.4, 0.5) is 5.82 Å². The first-order valence-corrected chi connectivity index (χ1v) is 5.90. The van der Waals surface area contributed by atoms with Crippen molar-refractivity contribution >= 4 is 5.82 Å². The normalized spacial score (nSPS) is 9.43. The highest BCUT2D eigenvalue weighted by Crippen LogP contribution is 2.29. The average molecular weight is 275 g/mol. The highest BCUT2D eigenvalue weighted by molar-refractivity contribution is 5.80. The molecule has 1 aromatic heterocycles. The SMILES string of the molecule is Cc1cc(-c2c(C#N)c(N)[nH]c(=O)c2C#N)ccc1C#N. The van der Waals surface area contributed by atoms with Crippen molar-refractivity contribution < 1.29 is 0 Å². The van der Waals surface area contributed by atoms with Gasteiger partial charge in [0.1, 0.15) is 29.1 Å². The lowest BCUT2D eigenvalue weighted by Crippen LogP contribution is -2.16. The van der Waals surface area contributed by atoms with Crippen molar-refractivity contribution in [3.05, 3.63) is 50.8 Å². The smallest absolute Gasteiger partial charge is 0.268 e. The fourth-order valence-electron chi connectivity index (χ4n) is 2.08. The Bertz CT molecular complexity index is 919. The van der Waals surface area contributed by atoms with E-state index in [-0.39, 0.29) is 22.5 Å². The predicted molar refractivity (Wildman–Crippen MR) is 75.8 cm³/mol. The van der Waals surface area contributed by atoms with Gasteiger partial charge in [-0.3, -0.25) is 4.79 Å². The summed E-state index contributed by atoms with van der Waals surface area (Å²) in [6.07, 6.45) is 0. The monoisotopic (exact) mass is 275 g/mol. The van der Waals surface area contributed by atoms with Gasteiger partial charge in [0, 0.05) is 5.56 Å². The van der Waals surface area contributed by atoms with Crippen molar-refractivity contribution in [1.29, 1.82) is 15.8 Å². The van der Waals surface area contributed by atoms with Crippen LogP contribution in [-0.2, 0) is 0 Å². The van der Waals surface area contributed by atoms with Crippen molar-refractivity contribution in [3.63, 3.8) is 0 Å². The van der Waals surface area contributed by atoms with Crippen molar-refractivity contribution in [2.45, 2.75) is 6.92 Å². The molecule has 0 atom stereocenters. The minimum Gasteiger partial charge on any atom is -0.384 e. The van der Waals surface area contributed by atoms with E-state index >= 15 is 0 Å². The van der Waals surface area contributed by atoms with E-state index in [9.17, 15) is 10.1 Å². The Labute approximate surface area is 120 Å². The quantitative estimate of drug-likeness (QED) is 0.815. The molecule has 3 N–H and O–H groups in total. The molecule has 6 heteroatoms. The summed E-state index contributed by atoms with van der Waals surface area (Å²) in [7, 11) is 0. The summed E-state index contributed by atoms with van der Waals surface area (Å²) in [5.41, 5.74) is 6.71. The second-order valence-corrected chi connectivity index (χ2v) is 4.36. The van der Waals surface area contributed by atoms with E-state index in [4.69, 9.17) is 16.3 Å². The maximum Gasteiger partial charge on any atom is 0.268 e. The number of nitrogens with zero attached hydrogens (tertiary/aromatic N) is 3. The Hall–Kier alpha value is -3.56. The molecule has 0 saturated heterocycles. The van der Waals surface area contributed by atoms with Crippen LogP contribution in [-0.4, -0.2) is 4.98 Å². The molecule has 0 unspecified atom stereocenters. The molecular weight excluding hydrogens is 266 g/mol. The van der Waals surface area contributed by atoms with Crippen molar-refractivity contribution in [2.75, 3.05) is 5.73 Å². The lowest BCUT2D eigenvalue weighted by molar-refractivity contribution is 1.21. The van der Waals surface area contributed by atoms with Crippen LogP contribution in [0.25, 0.3) is 11.1 Å². The zero-order valence-corrected chi connectivity index (χ0v) is 11.1. The topological polar surface area (TPSA) is 130 Å². The molecule has 0 radical (unpaired) electrons. The van der Waals surface area contributed by atoms with Gasteiger partial charge in [-0.2, -0.15) is 15.8 Å². The molecule has 1 heterocycles. The van der Waals surface area contributed by atoms with Crippen LogP contribution in [0.3, 0.4) is 0 Å². The number of nitrogens with two attached hydrogens (primary N) is 1. The summed E-state index contributed by atoms with van der Waals surface area (Å²) in [5, 5.41) is 27.3. The summed E-state index contributed by atoms with van der Waals surface area (Å²) in [6.45, 7) is 1.73. The van der Waals surface area contributed by atoms with Gasteiger partial charge in [-0.1, -0.05) is 12.1 Å². The third-order valence-corrected chi connectivity index (χ3v) is 3.10. The Kier molecular flexibility index (Phi) is 3.44. The lowest BCUT2D eigenvalue weighted by Gasteiger charge is -2.09. The number of nitrogen functional groups attached to an aromatic ring is 1. The number of hydrogen-bond acceptors (Lipinski definition) is 5. The lowest BCUT2D eigenvalue weighted by atomic mass is 9.94. The fourth-order valence-corrected chi connectivity index (χ4v) is 2.08. The number of aromatic amines is 1. The fraction of sp³-hybridized carbons (Fsp3) is 0.0667. The molecule has 0 aliphatic heterocycles. The first kappa shape index (κ1) is 13.9. The minimum atomic E-state index is -0.647. The number of benzene rings is 1. The van der Waals surface area contributed by atoms with Crippen LogP contribution < -0.4 is 11.3 Å². The number of rotatable bonds is 1. The molecule has 1 aromatic carbocycles. The van der Waals surface area contributed by atoms with Gasteiger partial charge in [-0.05, 0) is 24.1 Å².